The van der Waals surface area contributed by atoms with Gasteiger partial charge in [0.05, 0.1) is 16.7 Å². The van der Waals surface area contributed by atoms with Crippen molar-refractivity contribution in [2.24, 2.45) is 5.92 Å². The summed E-state index contributed by atoms with van der Waals surface area (Å²) in [5, 5.41) is 4.37. The number of rotatable bonds is 6. The molecule has 1 aromatic carbocycles. The molecular weight excluding hydrogens is 322 g/mol. The van der Waals surface area contributed by atoms with Gasteiger partial charge in [0.1, 0.15) is 0 Å². The Balaban J connectivity index is 1.55. The van der Waals surface area contributed by atoms with Gasteiger partial charge in [-0.1, -0.05) is 23.9 Å². The van der Waals surface area contributed by atoms with Crippen LogP contribution in [0, 0.1) is 5.92 Å². The Kier molecular flexibility index (Phi) is 4.08. The number of carbonyl (C=O) groups excluding carboxylic acids is 1. The fourth-order valence-corrected chi connectivity index (χ4v) is 3.90. The molecule has 2 aliphatic rings. The maximum atomic E-state index is 12.8. The quantitative estimate of drug-likeness (QED) is 0.647. The van der Waals surface area contributed by atoms with E-state index in [1.54, 1.807) is 4.57 Å². The molecule has 126 valence electrons. The molecular formula is C18H21N3O2S. The molecule has 24 heavy (non-hydrogen) atoms. The number of thioether (sulfide) groups is 1. The average Bonchev–Trinajstić information content (AvgIpc) is 3.46. The highest BCUT2D eigenvalue weighted by Crippen LogP contribution is 2.37. The second-order valence-corrected chi connectivity index (χ2v) is 7.74. The van der Waals surface area contributed by atoms with Gasteiger partial charge >= 0.3 is 0 Å². The lowest BCUT2D eigenvalue weighted by Gasteiger charge is -2.14. The zero-order valence-electron chi connectivity index (χ0n) is 13.7. The van der Waals surface area contributed by atoms with E-state index in [1.807, 2.05) is 24.3 Å². The first-order chi connectivity index (χ1) is 11.6. The van der Waals surface area contributed by atoms with Gasteiger partial charge in [0, 0.05) is 12.1 Å². The normalized spacial score (nSPS) is 18.5. The third-order valence-electron chi connectivity index (χ3n) is 4.74. The Labute approximate surface area is 144 Å². The molecule has 1 N–H and O–H groups in total. The molecule has 1 aromatic heterocycles. The summed E-state index contributed by atoms with van der Waals surface area (Å²) in [6.45, 7) is 2.06. The van der Waals surface area contributed by atoms with Crippen LogP contribution >= 0.6 is 11.8 Å². The second-order valence-electron chi connectivity index (χ2n) is 6.80. The lowest BCUT2D eigenvalue weighted by Crippen LogP contribution is -2.35. The van der Waals surface area contributed by atoms with Crippen LogP contribution in [0.15, 0.2) is 34.2 Å². The summed E-state index contributed by atoms with van der Waals surface area (Å²) in [5.41, 5.74) is 0.714. The van der Waals surface area contributed by atoms with E-state index in [9.17, 15) is 9.59 Å². The predicted molar refractivity (Wildman–Crippen MR) is 95.3 cm³/mol. The number of amides is 1. The second kappa shape index (κ2) is 6.24. The van der Waals surface area contributed by atoms with Crippen LogP contribution in [0.3, 0.4) is 0 Å². The van der Waals surface area contributed by atoms with Gasteiger partial charge in [-0.2, -0.15) is 0 Å². The first-order valence-corrected chi connectivity index (χ1v) is 9.55. The van der Waals surface area contributed by atoms with E-state index < -0.39 is 0 Å². The average molecular weight is 343 g/mol. The van der Waals surface area contributed by atoms with Gasteiger partial charge in [0.15, 0.2) is 5.16 Å². The Morgan fingerprint density at radius 2 is 2.08 bits per heavy atom. The molecule has 0 radical (unpaired) electrons. The summed E-state index contributed by atoms with van der Waals surface area (Å²) in [7, 11) is 0. The van der Waals surface area contributed by atoms with E-state index in [1.165, 1.54) is 24.6 Å². The van der Waals surface area contributed by atoms with Gasteiger partial charge in [0.25, 0.3) is 5.56 Å². The number of hydrogen-bond donors (Lipinski definition) is 1. The van der Waals surface area contributed by atoms with Crippen LogP contribution in [-0.2, 0) is 4.79 Å². The van der Waals surface area contributed by atoms with Crippen LogP contribution in [-0.4, -0.2) is 27.3 Å². The Morgan fingerprint density at radius 3 is 2.79 bits per heavy atom. The van der Waals surface area contributed by atoms with Crippen molar-refractivity contribution < 1.29 is 4.79 Å². The standard InChI is InChI=1S/C18H21N3O2S/c1-11(12-6-7-12)19-16(22)10-24-18-20-15-5-3-2-4-14(15)17(23)21(18)13-8-9-13/h2-5,11-13H,6-10H2,1H3,(H,19,22)/t11-/m0/s1. The highest BCUT2D eigenvalue weighted by Gasteiger charge is 2.30. The van der Waals surface area contributed by atoms with Crippen molar-refractivity contribution in [1.29, 1.82) is 0 Å². The Hall–Kier alpha value is -1.82. The van der Waals surface area contributed by atoms with Crippen LogP contribution in [0.1, 0.15) is 38.6 Å². The number of carbonyl (C=O) groups is 1. The molecule has 4 rings (SSSR count). The maximum absolute atomic E-state index is 12.8. The maximum Gasteiger partial charge on any atom is 0.262 e. The van der Waals surface area contributed by atoms with Crippen LogP contribution < -0.4 is 10.9 Å². The van der Waals surface area contributed by atoms with E-state index in [0.29, 0.717) is 27.7 Å². The summed E-state index contributed by atoms with van der Waals surface area (Å²) in [6, 6.07) is 7.91. The molecule has 0 spiro atoms. The van der Waals surface area contributed by atoms with E-state index in [2.05, 4.69) is 17.2 Å². The van der Waals surface area contributed by atoms with Gasteiger partial charge in [0.2, 0.25) is 5.91 Å². The Morgan fingerprint density at radius 1 is 1.33 bits per heavy atom. The van der Waals surface area contributed by atoms with E-state index in [-0.39, 0.29) is 23.6 Å². The van der Waals surface area contributed by atoms with E-state index in [4.69, 9.17) is 0 Å². The number of hydrogen-bond acceptors (Lipinski definition) is 4. The van der Waals surface area contributed by atoms with Crippen molar-refractivity contribution in [2.45, 2.75) is 49.8 Å². The van der Waals surface area contributed by atoms with Crippen LogP contribution in [0.4, 0.5) is 0 Å². The van der Waals surface area contributed by atoms with Crippen LogP contribution in [0.5, 0.6) is 0 Å². The molecule has 0 unspecified atom stereocenters. The predicted octanol–water partition coefficient (Wildman–Crippen LogP) is 2.74. The summed E-state index contributed by atoms with van der Waals surface area (Å²) in [5.74, 6) is 0.959. The van der Waals surface area contributed by atoms with Gasteiger partial charge in [-0.3, -0.25) is 14.2 Å². The molecule has 5 nitrogen and oxygen atoms in total. The minimum absolute atomic E-state index is 0.0114. The molecule has 2 aromatic rings. The zero-order valence-corrected chi connectivity index (χ0v) is 14.5. The first kappa shape index (κ1) is 15.7. The minimum atomic E-state index is 0.0114. The molecule has 6 heteroatoms. The molecule has 2 saturated carbocycles. The summed E-state index contributed by atoms with van der Waals surface area (Å²) < 4.78 is 1.78. The van der Waals surface area contributed by atoms with Gasteiger partial charge in [-0.05, 0) is 50.7 Å². The van der Waals surface area contributed by atoms with Gasteiger partial charge in [-0.15, -0.1) is 0 Å². The minimum Gasteiger partial charge on any atom is -0.353 e. The summed E-state index contributed by atoms with van der Waals surface area (Å²) in [6.07, 6.45) is 4.45. The summed E-state index contributed by atoms with van der Waals surface area (Å²) >= 11 is 1.37. The fourth-order valence-electron chi connectivity index (χ4n) is 3.02. The lowest BCUT2D eigenvalue weighted by atomic mass is 10.2. The SMILES string of the molecule is C[C@H](NC(=O)CSc1nc2ccccc2c(=O)n1C1CC1)C1CC1. The number of aromatic nitrogens is 2. The van der Waals surface area contributed by atoms with E-state index >= 15 is 0 Å². The third-order valence-corrected chi connectivity index (χ3v) is 5.69. The fraction of sp³-hybridized carbons (Fsp3) is 0.500. The lowest BCUT2D eigenvalue weighted by molar-refractivity contribution is -0.119. The summed E-state index contributed by atoms with van der Waals surface area (Å²) in [4.78, 5) is 29.6. The molecule has 0 aliphatic heterocycles. The van der Waals surface area contributed by atoms with Crippen molar-refractivity contribution in [3.8, 4) is 0 Å². The van der Waals surface area contributed by atoms with Crippen LogP contribution in [0.25, 0.3) is 10.9 Å². The topological polar surface area (TPSA) is 64.0 Å². The highest BCUT2D eigenvalue weighted by atomic mass is 32.2. The zero-order chi connectivity index (χ0) is 16.7. The smallest absolute Gasteiger partial charge is 0.262 e. The molecule has 0 bridgehead atoms. The first-order valence-electron chi connectivity index (χ1n) is 8.57. The Bertz CT molecular complexity index is 840. The van der Waals surface area contributed by atoms with Crippen molar-refractivity contribution in [3.05, 3.63) is 34.6 Å². The van der Waals surface area contributed by atoms with Gasteiger partial charge < -0.3 is 5.32 Å². The van der Waals surface area contributed by atoms with Crippen molar-refractivity contribution in [2.75, 3.05) is 5.75 Å². The number of fused-ring (bicyclic) bond motifs is 1. The van der Waals surface area contributed by atoms with Crippen LogP contribution in [0.2, 0.25) is 0 Å². The van der Waals surface area contributed by atoms with Gasteiger partial charge in [-0.25, -0.2) is 4.98 Å². The number of para-hydroxylation sites is 1. The largest absolute Gasteiger partial charge is 0.353 e. The monoisotopic (exact) mass is 343 g/mol. The van der Waals surface area contributed by atoms with Crippen molar-refractivity contribution >= 4 is 28.6 Å². The number of nitrogens with zero attached hydrogens (tertiary/aromatic N) is 2. The third kappa shape index (κ3) is 3.20. The molecule has 1 amide bonds. The molecule has 2 aliphatic carbocycles. The van der Waals surface area contributed by atoms with E-state index in [0.717, 1.165) is 12.8 Å². The van der Waals surface area contributed by atoms with Crippen molar-refractivity contribution in [1.82, 2.24) is 14.9 Å². The molecule has 1 heterocycles. The van der Waals surface area contributed by atoms with Crippen molar-refractivity contribution in [3.63, 3.8) is 0 Å². The number of benzene rings is 1. The molecule has 2 fully saturated rings. The molecule has 0 saturated heterocycles. The molecule has 1 atom stereocenters. The highest BCUT2D eigenvalue weighted by molar-refractivity contribution is 7.99. The number of nitrogens with one attached hydrogen (secondary N) is 1.